The van der Waals surface area contributed by atoms with Gasteiger partial charge in [-0.1, -0.05) is 48.0 Å². The molecule has 0 radical (unpaired) electrons. The molecule has 0 spiro atoms. The largest absolute Gasteiger partial charge is 0.377 e. The van der Waals surface area contributed by atoms with Gasteiger partial charge in [-0.3, -0.25) is 0 Å². The highest BCUT2D eigenvalue weighted by atomic mass is 16.5. The number of hydrogen-bond donors (Lipinski definition) is 0. The van der Waals surface area contributed by atoms with Crippen LogP contribution in [0.1, 0.15) is 24.2 Å². The van der Waals surface area contributed by atoms with Crippen LogP contribution in [-0.2, 0) is 4.74 Å². The van der Waals surface area contributed by atoms with Crippen LogP contribution in [0.5, 0.6) is 0 Å². The third-order valence-corrected chi connectivity index (χ3v) is 3.09. The minimum atomic E-state index is 0.139. The van der Waals surface area contributed by atoms with Gasteiger partial charge in [-0.25, -0.2) is 0 Å². The lowest BCUT2D eigenvalue weighted by molar-refractivity contribution is 0.119. The van der Waals surface area contributed by atoms with E-state index >= 15 is 0 Å². The van der Waals surface area contributed by atoms with Gasteiger partial charge in [0.25, 0.3) is 0 Å². The molecular formula is C16H18O. The highest BCUT2D eigenvalue weighted by Crippen LogP contribution is 2.24. The number of hydrogen-bond acceptors (Lipinski definition) is 1. The monoisotopic (exact) mass is 226 g/mol. The van der Waals surface area contributed by atoms with Crippen molar-refractivity contribution >= 4 is 0 Å². The second-order valence-electron chi connectivity index (χ2n) is 4.37. The van der Waals surface area contributed by atoms with E-state index in [2.05, 4.69) is 62.4 Å². The van der Waals surface area contributed by atoms with Crippen molar-refractivity contribution in [2.24, 2.45) is 0 Å². The van der Waals surface area contributed by atoms with Gasteiger partial charge >= 0.3 is 0 Å². The molecule has 0 saturated carbocycles. The summed E-state index contributed by atoms with van der Waals surface area (Å²) >= 11 is 0. The molecule has 0 amide bonds. The van der Waals surface area contributed by atoms with E-state index < -0.39 is 0 Å². The summed E-state index contributed by atoms with van der Waals surface area (Å²) in [6.07, 6.45) is 0.139. The molecule has 2 rings (SSSR count). The van der Waals surface area contributed by atoms with Crippen molar-refractivity contribution in [2.45, 2.75) is 20.0 Å². The standard InChI is InChI=1S/C16H18O/c1-12-7-9-14(10-8-12)16-6-4-5-15(11-16)13(2)17-3/h4-11,13H,1-3H3. The molecule has 0 aliphatic rings. The molecule has 88 valence electrons. The van der Waals surface area contributed by atoms with Crippen LogP contribution in [0.2, 0.25) is 0 Å². The average Bonchev–Trinajstić information content (AvgIpc) is 2.39. The Morgan fingerprint density at radius 2 is 1.65 bits per heavy atom. The predicted molar refractivity (Wildman–Crippen MR) is 72.0 cm³/mol. The summed E-state index contributed by atoms with van der Waals surface area (Å²) in [5, 5.41) is 0. The summed E-state index contributed by atoms with van der Waals surface area (Å²) in [6.45, 7) is 4.17. The van der Waals surface area contributed by atoms with Gasteiger partial charge in [0.2, 0.25) is 0 Å². The van der Waals surface area contributed by atoms with E-state index in [-0.39, 0.29) is 6.10 Å². The molecule has 17 heavy (non-hydrogen) atoms. The summed E-state index contributed by atoms with van der Waals surface area (Å²) in [5.41, 5.74) is 4.99. The van der Waals surface area contributed by atoms with E-state index in [1.165, 1.54) is 22.3 Å². The molecule has 0 saturated heterocycles. The van der Waals surface area contributed by atoms with Crippen LogP contribution < -0.4 is 0 Å². The van der Waals surface area contributed by atoms with Gasteiger partial charge in [-0.2, -0.15) is 0 Å². The zero-order chi connectivity index (χ0) is 12.3. The maximum absolute atomic E-state index is 5.35. The van der Waals surface area contributed by atoms with Crippen molar-refractivity contribution in [3.05, 3.63) is 59.7 Å². The maximum Gasteiger partial charge on any atom is 0.0793 e. The van der Waals surface area contributed by atoms with Crippen molar-refractivity contribution in [1.82, 2.24) is 0 Å². The Labute approximate surface area is 103 Å². The molecule has 0 aliphatic carbocycles. The Balaban J connectivity index is 2.36. The van der Waals surface area contributed by atoms with Gasteiger partial charge in [0, 0.05) is 7.11 Å². The van der Waals surface area contributed by atoms with Crippen LogP contribution in [-0.4, -0.2) is 7.11 Å². The van der Waals surface area contributed by atoms with Gasteiger partial charge in [0.1, 0.15) is 0 Å². The Bertz CT molecular complexity index is 485. The van der Waals surface area contributed by atoms with Crippen LogP contribution in [0.3, 0.4) is 0 Å². The van der Waals surface area contributed by atoms with Crippen LogP contribution in [0, 0.1) is 6.92 Å². The van der Waals surface area contributed by atoms with Crippen molar-refractivity contribution in [1.29, 1.82) is 0 Å². The molecule has 2 aromatic rings. The third kappa shape index (κ3) is 2.75. The van der Waals surface area contributed by atoms with Crippen molar-refractivity contribution in [3.63, 3.8) is 0 Å². The lowest BCUT2D eigenvalue weighted by Gasteiger charge is -2.11. The topological polar surface area (TPSA) is 9.23 Å². The molecule has 1 nitrogen and oxygen atoms in total. The SMILES string of the molecule is COC(C)c1cccc(-c2ccc(C)cc2)c1. The van der Waals surface area contributed by atoms with Gasteiger partial charge in [0.05, 0.1) is 6.10 Å². The van der Waals surface area contributed by atoms with E-state index in [4.69, 9.17) is 4.74 Å². The van der Waals surface area contributed by atoms with Crippen LogP contribution >= 0.6 is 0 Å². The fourth-order valence-corrected chi connectivity index (χ4v) is 1.85. The van der Waals surface area contributed by atoms with Crippen molar-refractivity contribution in [2.75, 3.05) is 7.11 Å². The zero-order valence-electron chi connectivity index (χ0n) is 10.6. The van der Waals surface area contributed by atoms with Gasteiger partial charge in [-0.05, 0) is 36.6 Å². The summed E-state index contributed by atoms with van der Waals surface area (Å²) in [7, 11) is 1.74. The summed E-state index contributed by atoms with van der Waals surface area (Å²) in [4.78, 5) is 0. The van der Waals surface area contributed by atoms with E-state index in [0.717, 1.165) is 0 Å². The fourth-order valence-electron chi connectivity index (χ4n) is 1.85. The lowest BCUT2D eigenvalue weighted by Crippen LogP contribution is -1.95. The summed E-state index contributed by atoms with van der Waals surface area (Å²) < 4.78 is 5.35. The molecule has 0 bridgehead atoms. The first kappa shape index (κ1) is 11.9. The van der Waals surface area contributed by atoms with Crippen LogP contribution in [0.4, 0.5) is 0 Å². The molecule has 0 aliphatic heterocycles. The predicted octanol–water partition coefficient (Wildman–Crippen LogP) is 4.37. The summed E-state index contributed by atoms with van der Waals surface area (Å²) in [6, 6.07) is 17.1. The molecule has 0 heterocycles. The Morgan fingerprint density at radius 1 is 0.941 bits per heavy atom. The maximum atomic E-state index is 5.35. The van der Waals surface area contributed by atoms with E-state index in [0.29, 0.717) is 0 Å². The van der Waals surface area contributed by atoms with Gasteiger partial charge < -0.3 is 4.74 Å². The molecule has 0 fully saturated rings. The minimum absolute atomic E-state index is 0.139. The molecule has 0 aromatic heterocycles. The molecule has 1 heteroatoms. The molecule has 1 atom stereocenters. The van der Waals surface area contributed by atoms with E-state index in [9.17, 15) is 0 Å². The highest BCUT2D eigenvalue weighted by Gasteiger charge is 2.05. The number of methoxy groups -OCH3 is 1. The molecule has 2 aromatic carbocycles. The van der Waals surface area contributed by atoms with E-state index in [1.54, 1.807) is 7.11 Å². The van der Waals surface area contributed by atoms with Gasteiger partial charge in [-0.15, -0.1) is 0 Å². The Kier molecular flexibility index (Phi) is 3.60. The first-order chi connectivity index (χ1) is 8.20. The Morgan fingerprint density at radius 3 is 2.29 bits per heavy atom. The molecule has 1 unspecified atom stereocenters. The molecular weight excluding hydrogens is 208 g/mol. The van der Waals surface area contributed by atoms with Crippen molar-refractivity contribution < 1.29 is 4.74 Å². The number of rotatable bonds is 3. The Hall–Kier alpha value is -1.60. The van der Waals surface area contributed by atoms with E-state index in [1.807, 2.05) is 0 Å². The van der Waals surface area contributed by atoms with Crippen molar-refractivity contribution in [3.8, 4) is 11.1 Å². The first-order valence-corrected chi connectivity index (χ1v) is 5.90. The molecule has 0 N–H and O–H groups in total. The normalized spacial score (nSPS) is 12.4. The second-order valence-corrected chi connectivity index (χ2v) is 4.37. The fraction of sp³-hybridized carbons (Fsp3) is 0.250. The van der Waals surface area contributed by atoms with Crippen LogP contribution in [0.15, 0.2) is 48.5 Å². The summed E-state index contributed by atoms with van der Waals surface area (Å²) in [5.74, 6) is 0. The average molecular weight is 226 g/mol. The minimum Gasteiger partial charge on any atom is -0.377 e. The smallest absolute Gasteiger partial charge is 0.0793 e. The number of aryl methyl sites for hydroxylation is 1. The number of benzene rings is 2. The number of ether oxygens (including phenoxy) is 1. The highest BCUT2D eigenvalue weighted by molar-refractivity contribution is 5.64. The second kappa shape index (κ2) is 5.15. The third-order valence-electron chi connectivity index (χ3n) is 3.09. The van der Waals surface area contributed by atoms with Crippen LogP contribution in [0.25, 0.3) is 11.1 Å². The quantitative estimate of drug-likeness (QED) is 0.755. The first-order valence-electron chi connectivity index (χ1n) is 5.90. The van der Waals surface area contributed by atoms with Gasteiger partial charge in [0.15, 0.2) is 0 Å². The zero-order valence-corrected chi connectivity index (χ0v) is 10.6. The lowest BCUT2D eigenvalue weighted by atomic mass is 10.0.